The molecule has 1 amide bonds. The van der Waals surface area contributed by atoms with Crippen LogP contribution in [0.4, 0.5) is 11.4 Å². The topological polar surface area (TPSA) is 72.8 Å². The Kier molecular flexibility index (Phi) is 4.45. The number of anilines is 2. The number of amides is 1. The van der Waals surface area contributed by atoms with Crippen molar-refractivity contribution in [1.82, 2.24) is 0 Å². The lowest BCUT2D eigenvalue weighted by Gasteiger charge is -2.30. The summed E-state index contributed by atoms with van der Waals surface area (Å²) in [6, 6.07) is 9.39. The first-order valence-electron chi connectivity index (χ1n) is 7.75. The number of hydrogen-bond acceptors (Lipinski definition) is 5. The molecule has 1 aliphatic rings. The SMILES string of the molecule is Cc1ccc(C=C2C(=O)Nc3ccc(N(C(C)O)C(C)O)cc32)s1. The van der Waals surface area contributed by atoms with Crippen molar-refractivity contribution in [3.8, 4) is 0 Å². The third kappa shape index (κ3) is 3.08. The average molecular weight is 344 g/mol. The number of aliphatic hydroxyl groups is 2. The number of nitrogens with zero attached hydrogens (tertiary/aromatic N) is 1. The molecule has 3 rings (SSSR count). The Balaban J connectivity index is 2.05. The molecule has 0 bridgehead atoms. The Morgan fingerprint density at radius 1 is 1.17 bits per heavy atom. The van der Waals surface area contributed by atoms with E-state index in [-0.39, 0.29) is 5.91 Å². The lowest BCUT2D eigenvalue weighted by molar-refractivity contribution is -0.110. The second kappa shape index (κ2) is 6.39. The van der Waals surface area contributed by atoms with Crippen LogP contribution in [0, 0.1) is 6.92 Å². The van der Waals surface area contributed by atoms with E-state index in [1.807, 2.05) is 31.2 Å². The number of carbonyl (C=O) groups excluding carboxylic acids is 1. The number of aryl methyl sites for hydroxylation is 1. The molecule has 0 spiro atoms. The maximum Gasteiger partial charge on any atom is 0.256 e. The fourth-order valence-corrected chi connectivity index (χ4v) is 3.72. The summed E-state index contributed by atoms with van der Waals surface area (Å²) in [6.45, 7) is 5.21. The molecule has 1 aliphatic heterocycles. The second-order valence-electron chi connectivity index (χ2n) is 5.86. The Morgan fingerprint density at radius 2 is 1.88 bits per heavy atom. The lowest BCUT2D eigenvalue weighted by Crippen LogP contribution is -2.40. The van der Waals surface area contributed by atoms with Crippen LogP contribution in [0.25, 0.3) is 11.6 Å². The van der Waals surface area contributed by atoms with Crippen molar-refractivity contribution >= 4 is 40.3 Å². The molecule has 1 aromatic heterocycles. The maximum atomic E-state index is 12.3. The van der Waals surface area contributed by atoms with Crippen molar-refractivity contribution in [3.05, 3.63) is 45.6 Å². The van der Waals surface area contributed by atoms with Gasteiger partial charge in [-0.15, -0.1) is 11.3 Å². The smallest absolute Gasteiger partial charge is 0.256 e. The first kappa shape index (κ1) is 16.7. The van der Waals surface area contributed by atoms with E-state index in [1.54, 1.807) is 37.3 Å². The molecule has 0 saturated heterocycles. The molecular weight excluding hydrogens is 324 g/mol. The fraction of sp³-hybridized carbons (Fsp3) is 0.278. The normalized spacial score (nSPS) is 17.5. The molecule has 1 aromatic carbocycles. The molecule has 0 radical (unpaired) electrons. The zero-order chi connectivity index (χ0) is 17.4. The summed E-state index contributed by atoms with van der Waals surface area (Å²) in [5.41, 5.74) is 2.75. The highest BCUT2D eigenvalue weighted by atomic mass is 32.1. The highest BCUT2D eigenvalue weighted by Gasteiger charge is 2.26. The number of hydrogen-bond donors (Lipinski definition) is 3. The van der Waals surface area contributed by atoms with E-state index in [9.17, 15) is 15.0 Å². The second-order valence-corrected chi connectivity index (χ2v) is 7.18. The van der Waals surface area contributed by atoms with Crippen molar-refractivity contribution in [3.63, 3.8) is 0 Å². The van der Waals surface area contributed by atoms with Gasteiger partial charge in [0.1, 0.15) is 12.5 Å². The molecule has 0 fully saturated rings. The van der Waals surface area contributed by atoms with Crippen molar-refractivity contribution in [2.24, 2.45) is 0 Å². The summed E-state index contributed by atoms with van der Waals surface area (Å²) in [4.78, 5) is 16.0. The standard InChI is InChI=1S/C18H20N2O3S/c1-10-4-6-14(24-10)9-16-15-8-13(20(11(2)21)12(3)22)5-7-17(15)19-18(16)23/h4-9,11-12,21-22H,1-3H3,(H,19,23). The van der Waals surface area contributed by atoms with Gasteiger partial charge in [0, 0.05) is 26.7 Å². The van der Waals surface area contributed by atoms with Gasteiger partial charge in [-0.3, -0.25) is 4.79 Å². The van der Waals surface area contributed by atoms with Crippen LogP contribution in [-0.4, -0.2) is 28.6 Å². The Hall–Kier alpha value is -2.15. The highest BCUT2D eigenvalue weighted by molar-refractivity contribution is 7.12. The van der Waals surface area contributed by atoms with E-state index in [0.29, 0.717) is 11.3 Å². The quantitative estimate of drug-likeness (QED) is 0.589. The van der Waals surface area contributed by atoms with Crippen LogP contribution in [-0.2, 0) is 4.79 Å². The largest absolute Gasteiger partial charge is 0.374 e. The molecule has 5 nitrogen and oxygen atoms in total. The van der Waals surface area contributed by atoms with Gasteiger partial charge in [-0.2, -0.15) is 0 Å². The van der Waals surface area contributed by atoms with Crippen molar-refractivity contribution in [2.75, 3.05) is 10.2 Å². The van der Waals surface area contributed by atoms with Crippen LogP contribution in [0.15, 0.2) is 30.3 Å². The Labute approximate surface area is 144 Å². The van der Waals surface area contributed by atoms with Gasteiger partial charge >= 0.3 is 0 Å². The number of aliphatic hydroxyl groups excluding tert-OH is 2. The van der Waals surface area contributed by atoms with E-state index in [4.69, 9.17) is 0 Å². The van der Waals surface area contributed by atoms with Gasteiger partial charge in [-0.1, -0.05) is 0 Å². The van der Waals surface area contributed by atoms with Gasteiger partial charge in [0.25, 0.3) is 5.91 Å². The molecule has 126 valence electrons. The molecule has 0 saturated carbocycles. The molecule has 2 aromatic rings. The maximum absolute atomic E-state index is 12.3. The monoisotopic (exact) mass is 344 g/mol. The molecule has 2 atom stereocenters. The fourth-order valence-electron chi connectivity index (χ4n) is 2.90. The van der Waals surface area contributed by atoms with E-state index in [2.05, 4.69) is 5.32 Å². The van der Waals surface area contributed by atoms with Gasteiger partial charge in [0.05, 0.1) is 5.57 Å². The predicted octanol–water partition coefficient (Wildman–Crippen LogP) is 3.03. The summed E-state index contributed by atoms with van der Waals surface area (Å²) in [5.74, 6) is -0.145. The van der Waals surface area contributed by atoms with Crippen LogP contribution in [0.2, 0.25) is 0 Å². The van der Waals surface area contributed by atoms with Crippen LogP contribution in [0.5, 0.6) is 0 Å². The Morgan fingerprint density at radius 3 is 2.46 bits per heavy atom. The molecule has 2 unspecified atom stereocenters. The summed E-state index contributed by atoms with van der Waals surface area (Å²) < 4.78 is 0. The number of carbonyl (C=O) groups is 1. The summed E-state index contributed by atoms with van der Waals surface area (Å²) in [5, 5.41) is 22.7. The summed E-state index contributed by atoms with van der Waals surface area (Å²) >= 11 is 1.62. The third-order valence-electron chi connectivity index (χ3n) is 3.94. The van der Waals surface area contributed by atoms with E-state index in [0.717, 1.165) is 16.1 Å². The molecule has 0 aliphatic carbocycles. The molecule has 3 N–H and O–H groups in total. The number of benzene rings is 1. The van der Waals surface area contributed by atoms with Crippen molar-refractivity contribution in [2.45, 2.75) is 33.2 Å². The van der Waals surface area contributed by atoms with Gasteiger partial charge < -0.3 is 20.4 Å². The van der Waals surface area contributed by atoms with Crippen molar-refractivity contribution in [1.29, 1.82) is 0 Å². The molecule has 24 heavy (non-hydrogen) atoms. The average Bonchev–Trinajstić information content (AvgIpc) is 3.03. The lowest BCUT2D eigenvalue weighted by atomic mass is 10.0. The van der Waals surface area contributed by atoms with Crippen LogP contribution in [0.1, 0.15) is 29.2 Å². The van der Waals surface area contributed by atoms with Crippen LogP contribution >= 0.6 is 11.3 Å². The molecule has 6 heteroatoms. The Bertz CT molecular complexity index is 800. The van der Waals surface area contributed by atoms with Crippen molar-refractivity contribution < 1.29 is 15.0 Å². The molecular formula is C18H20N2O3S. The van der Waals surface area contributed by atoms with E-state index < -0.39 is 12.5 Å². The summed E-state index contributed by atoms with van der Waals surface area (Å²) in [7, 11) is 0. The number of nitrogens with one attached hydrogen (secondary N) is 1. The highest BCUT2D eigenvalue weighted by Crippen LogP contribution is 2.37. The minimum atomic E-state index is -0.847. The van der Waals surface area contributed by atoms with Gasteiger partial charge in [0.2, 0.25) is 0 Å². The van der Waals surface area contributed by atoms with E-state index >= 15 is 0 Å². The minimum Gasteiger partial charge on any atom is -0.374 e. The molecule has 2 heterocycles. The minimum absolute atomic E-state index is 0.145. The predicted molar refractivity (Wildman–Crippen MR) is 97.8 cm³/mol. The van der Waals surface area contributed by atoms with Gasteiger partial charge in [-0.05, 0) is 57.2 Å². The first-order valence-corrected chi connectivity index (χ1v) is 8.57. The zero-order valence-corrected chi connectivity index (χ0v) is 14.6. The first-order chi connectivity index (χ1) is 11.4. The van der Waals surface area contributed by atoms with E-state index in [1.165, 1.54) is 9.78 Å². The third-order valence-corrected chi connectivity index (χ3v) is 4.88. The number of rotatable bonds is 4. The van der Waals surface area contributed by atoms with Crippen LogP contribution < -0.4 is 10.2 Å². The number of thiophene rings is 1. The zero-order valence-electron chi connectivity index (χ0n) is 13.8. The van der Waals surface area contributed by atoms with Gasteiger partial charge in [0.15, 0.2) is 0 Å². The van der Waals surface area contributed by atoms with Crippen LogP contribution in [0.3, 0.4) is 0 Å². The van der Waals surface area contributed by atoms with Gasteiger partial charge in [-0.25, -0.2) is 0 Å². The summed E-state index contributed by atoms with van der Waals surface area (Å²) in [6.07, 6.45) is 0.179. The number of fused-ring (bicyclic) bond motifs is 1.